The summed E-state index contributed by atoms with van der Waals surface area (Å²) in [5.74, 6) is -0.666. The van der Waals surface area contributed by atoms with Gasteiger partial charge >= 0.3 is 0 Å². The number of carbonyl (C=O) groups excluding carboxylic acids is 1. The third-order valence-electron chi connectivity index (χ3n) is 2.24. The number of benzene rings is 1. The van der Waals surface area contributed by atoms with Crippen LogP contribution in [0.3, 0.4) is 0 Å². The molecule has 2 unspecified atom stereocenters. The zero-order chi connectivity index (χ0) is 10.1. The fourth-order valence-electron chi connectivity index (χ4n) is 1.26. The second-order valence-electron chi connectivity index (χ2n) is 3.49. The van der Waals surface area contributed by atoms with Crippen molar-refractivity contribution in [2.45, 2.75) is 18.5 Å². The minimum atomic E-state index is -0.405. The van der Waals surface area contributed by atoms with Gasteiger partial charge in [0.1, 0.15) is 5.82 Å². The van der Waals surface area contributed by atoms with Crippen LogP contribution in [0, 0.1) is 5.82 Å². The molecule has 1 saturated carbocycles. The molecule has 1 fully saturated rings. The van der Waals surface area contributed by atoms with E-state index in [-0.39, 0.29) is 18.0 Å². The van der Waals surface area contributed by atoms with Crippen molar-refractivity contribution in [3.05, 3.63) is 35.6 Å². The van der Waals surface area contributed by atoms with E-state index in [1.807, 2.05) is 0 Å². The van der Waals surface area contributed by atoms with Crippen LogP contribution in [0.25, 0.3) is 0 Å². The van der Waals surface area contributed by atoms with Crippen molar-refractivity contribution in [3.8, 4) is 0 Å². The first-order chi connectivity index (χ1) is 6.66. The molecule has 2 rings (SSSR count). The third-order valence-corrected chi connectivity index (χ3v) is 2.24. The summed E-state index contributed by atoms with van der Waals surface area (Å²) in [4.78, 5) is 11.5. The lowest BCUT2D eigenvalue weighted by atomic mass is 10.2. The van der Waals surface area contributed by atoms with Gasteiger partial charge in [0.15, 0.2) is 0 Å². The highest BCUT2D eigenvalue weighted by Gasteiger charge is 2.34. The lowest BCUT2D eigenvalue weighted by molar-refractivity contribution is 0.0950. The molecule has 1 amide bonds. The first kappa shape index (κ1) is 9.15. The first-order valence-corrected chi connectivity index (χ1v) is 4.49. The lowest BCUT2D eigenvalue weighted by Gasteiger charge is -2.03. The van der Waals surface area contributed by atoms with Gasteiger partial charge < -0.3 is 11.1 Å². The average molecular weight is 194 g/mol. The second-order valence-corrected chi connectivity index (χ2v) is 3.49. The number of halogens is 1. The van der Waals surface area contributed by atoms with Crippen LogP contribution in [-0.4, -0.2) is 18.0 Å². The van der Waals surface area contributed by atoms with Crippen LogP contribution >= 0.6 is 0 Å². The summed E-state index contributed by atoms with van der Waals surface area (Å²) in [6.07, 6.45) is 0.807. The summed E-state index contributed by atoms with van der Waals surface area (Å²) in [6, 6.07) is 5.73. The van der Waals surface area contributed by atoms with E-state index in [1.165, 1.54) is 18.2 Å². The third kappa shape index (κ3) is 1.90. The summed E-state index contributed by atoms with van der Waals surface area (Å²) in [7, 11) is 0. The molecule has 0 spiro atoms. The van der Waals surface area contributed by atoms with E-state index >= 15 is 0 Å². The smallest absolute Gasteiger partial charge is 0.251 e. The van der Waals surface area contributed by atoms with Crippen LogP contribution in [0.1, 0.15) is 16.8 Å². The number of amides is 1. The summed E-state index contributed by atoms with van der Waals surface area (Å²) in [6.45, 7) is 0. The highest BCUT2D eigenvalue weighted by Crippen LogP contribution is 2.18. The molecule has 3 N–H and O–H groups in total. The maximum absolute atomic E-state index is 12.8. The lowest BCUT2D eigenvalue weighted by Crippen LogP contribution is -2.29. The molecule has 3 nitrogen and oxygen atoms in total. The Morgan fingerprint density at radius 2 is 2.29 bits per heavy atom. The first-order valence-electron chi connectivity index (χ1n) is 4.49. The van der Waals surface area contributed by atoms with Gasteiger partial charge in [-0.05, 0) is 24.6 Å². The molecule has 1 aromatic carbocycles. The second kappa shape index (κ2) is 3.38. The van der Waals surface area contributed by atoms with Gasteiger partial charge in [-0.2, -0.15) is 0 Å². The Kier molecular flexibility index (Phi) is 2.21. The van der Waals surface area contributed by atoms with Crippen molar-refractivity contribution in [2.75, 3.05) is 0 Å². The van der Waals surface area contributed by atoms with E-state index in [2.05, 4.69) is 5.32 Å². The Balaban J connectivity index is 2.03. The van der Waals surface area contributed by atoms with Crippen molar-refractivity contribution in [1.82, 2.24) is 5.32 Å². The number of carbonyl (C=O) groups is 1. The number of hydrogen-bond donors (Lipinski definition) is 2. The van der Waals surface area contributed by atoms with E-state index in [9.17, 15) is 9.18 Å². The fraction of sp³-hybridized carbons (Fsp3) is 0.300. The summed E-state index contributed by atoms with van der Waals surface area (Å²) < 4.78 is 12.8. The Labute approximate surface area is 81.1 Å². The largest absolute Gasteiger partial charge is 0.348 e. The van der Waals surface area contributed by atoms with Crippen molar-refractivity contribution in [2.24, 2.45) is 5.73 Å². The van der Waals surface area contributed by atoms with Crippen LogP contribution in [0.2, 0.25) is 0 Å². The molecule has 0 heterocycles. The predicted molar refractivity (Wildman–Crippen MR) is 50.2 cm³/mol. The normalized spacial score (nSPS) is 24.4. The van der Waals surface area contributed by atoms with Gasteiger partial charge in [-0.3, -0.25) is 4.79 Å². The van der Waals surface area contributed by atoms with Crippen LogP contribution < -0.4 is 11.1 Å². The summed E-state index contributed by atoms with van der Waals surface area (Å²) >= 11 is 0. The highest BCUT2D eigenvalue weighted by atomic mass is 19.1. The minimum Gasteiger partial charge on any atom is -0.348 e. The number of nitrogens with two attached hydrogens (primary N) is 1. The molecule has 14 heavy (non-hydrogen) atoms. The molecule has 0 bridgehead atoms. The monoisotopic (exact) mass is 194 g/mol. The van der Waals surface area contributed by atoms with Crippen LogP contribution in [0.4, 0.5) is 4.39 Å². The SMILES string of the molecule is NC1CC1NC(=O)c1cccc(F)c1. The molecule has 4 heteroatoms. The van der Waals surface area contributed by atoms with Gasteiger partial charge in [0.2, 0.25) is 0 Å². The zero-order valence-electron chi connectivity index (χ0n) is 7.53. The van der Waals surface area contributed by atoms with Crippen molar-refractivity contribution >= 4 is 5.91 Å². The molecular weight excluding hydrogens is 183 g/mol. The van der Waals surface area contributed by atoms with Crippen molar-refractivity contribution in [3.63, 3.8) is 0 Å². The Morgan fingerprint density at radius 3 is 2.86 bits per heavy atom. The number of rotatable bonds is 2. The van der Waals surface area contributed by atoms with E-state index in [1.54, 1.807) is 6.07 Å². The molecule has 1 aliphatic rings. The topological polar surface area (TPSA) is 55.1 Å². The molecule has 1 aliphatic carbocycles. The maximum atomic E-state index is 12.8. The molecular formula is C10H11FN2O. The zero-order valence-corrected chi connectivity index (χ0v) is 7.53. The average Bonchev–Trinajstić information content (AvgIpc) is 2.81. The molecule has 2 atom stereocenters. The summed E-state index contributed by atoms with van der Waals surface area (Å²) in [5, 5.41) is 2.72. The molecule has 74 valence electrons. The Morgan fingerprint density at radius 1 is 1.57 bits per heavy atom. The minimum absolute atomic E-state index is 0.0609. The van der Waals surface area contributed by atoms with Crippen LogP contribution in [0.15, 0.2) is 24.3 Å². The highest BCUT2D eigenvalue weighted by molar-refractivity contribution is 5.94. The van der Waals surface area contributed by atoms with E-state index in [0.29, 0.717) is 5.56 Å². The Bertz CT molecular complexity index is 367. The van der Waals surface area contributed by atoms with Gasteiger partial charge in [-0.25, -0.2) is 4.39 Å². The molecule has 0 radical (unpaired) electrons. The van der Waals surface area contributed by atoms with Gasteiger partial charge in [-0.1, -0.05) is 6.07 Å². The van der Waals surface area contributed by atoms with Crippen LogP contribution in [-0.2, 0) is 0 Å². The van der Waals surface area contributed by atoms with E-state index < -0.39 is 5.82 Å². The fourth-order valence-corrected chi connectivity index (χ4v) is 1.26. The van der Waals surface area contributed by atoms with E-state index in [0.717, 1.165) is 6.42 Å². The van der Waals surface area contributed by atoms with Gasteiger partial charge in [0, 0.05) is 17.6 Å². The standard InChI is InChI=1S/C10H11FN2O/c11-7-3-1-2-6(4-7)10(14)13-9-5-8(9)12/h1-4,8-9H,5,12H2,(H,13,14). The molecule has 0 aliphatic heterocycles. The predicted octanol–water partition coefficient (Wildman–Crippen LogP) is 0.655. The van der Waals surface area contributed by atoms with E-state index in [4.69, 9.17) is 5.73 Å². The molecule has 1 aromatic rings. The molecule has 0 saturated heterocycles. The van der Waals surface area contributed by atoms with Gasteiger partial charge in [0.25, 0.3) is 5.91 Å². The van der Waals surface area contributed by atoms with Gasteiger partial charge in [0.05, 0.1) is 0 Å². The number of nitrogens with one attached hydrogen (secondary N) is 1. The quantitative estimate of drug-likeness (QED) is 0.726. The van der Waals surface area contributed by atoms with Crippen LogP contribution in [0.5, 0.6) is 0 Å². The number of hydrogen-bond acceptors (Lipinski definition) is 2. The van der Waals surface area contributed by atoms with Gasteiger partial charge in [-0.15, -0.1) is 0 Å². The maximum Gasteiger partial charge on any atom is 0.251 e. The van der Waals surface area contributed by atoms with Crippen molar-refractivity contribution in [1.29, 1.82) is 0 Å². The molecule has 0 aromatic heterocycles. The summed E-state index contributed by atoms with van der Waals surface area (Å²) in [5.41, 5.74) is 5.87. The Hall–Kier alpha value is -1.42. The van der Waals surface area contributed by atoms with Crippen molar-refractivity contribution < 1.29 is 9.18 Å².